The number of Topliss-reactive ketones (excluding diaryl/α,β-unsaturated/α-hetero) is 1. The molecule has 3 saturated carbocycles. The molecule has 0 aromatic rings. The van der Waals surface area contributed by atoms with Gasteiger partial charge in [0.2, 0.25) is 0 Å². The van der Waals surface area contributed by atoms with Crippen LogP contribution in [0, 0.1) is 17.8 Å². The van der Waals surface area contributed by atoms with E-state index in [1.807, 2.05) is 4.90 Å². The van der Waals surface area contributed by atoms with E-state index in [1.54, 1.807) is 6.20 Å². The number of nitrogens with zero attached hydrogens (tertiary/aromatic N) is 2. The first-order valence-corrected chi connectivity index (χ1v) is 15.2. The molecule has 3 aliphatic carbocycles. The molecule has 1 N–H and O–H groups in total. The zero-order valence-electron chi connectivity index (χ0n) is 22.5. The van der Waals surface area contributed by atoms with Crippen LogP contribution >= 0.6 is 0 Å². The van der Waals surface area contributed by atoms with Crippen molar-refractivity contribution in [2.75, 3.05) is 39.4 Å². The molecule has 0 radical (unpaired) electrons. The van der Waals surface area contributed by atoms with Crippen molar-refractivity contribution in [1.82, 2.24) is 15.1 Å². The van der Waals surface area contributed by atoms with Crippen LogP contribution < -0.4 is 5.32 Å². The fourth-order valence-corrected chi connectivity index (χ4v) is 8.76. The summed E-state index contributed by atoms with van der Waals surface area (Å²) in [5.41, 5.74) is 0.0645. The molecule has 0 bridgehead atoms. The van der Waals surface area contributed by atoms with Gasteiger partial charge >= 0.3 is 0 Å². The highest BCUT2D eigenvalue weighted by Gasteiger charge is 2.61. The monoisotopic (exact) mass is 549 g/mol. The maximum Gasteiger partial charge on any atom is 0.256 e. The zero-order valence-corrected chi connectivity index (χ0v) is 22.5. The lowest BCUT2D eigenvalue weighted by Crippen LogP contribution is -2.71. The van der Waals surface area contributed by atoms with Crippen LogP contribution in [0.25, 0.3) is 0 Å². The molecule has 4 aliphatic heterocycles. The summed E-state index contributed by atoms with van der Waals surface area (Å²) >= 11 is 0. The Morgan fingerprint density at radius 3 is 2.67 bits per heavy atom. The van der Waals surface area contributed by atoms with E-state index in [0.717, 1.165) is 65.0 Å². The first kappa shape index (κ1) is 26.3. The number of halogens is 2. The maximum atomic E-state index is 15.3. The normalized spacial score (nSPS) is 45.5. The third kappa shape index (κ3) is 4.63. The Morgan fingerprint density at radius 1 is 1.00 bits per heavy atom. The van der Waals surface area contributed by atoms with Crippen LogP contribution in [0.3, 0.4) is 0 Å². The summed E-state index contributed by atoms with van der Waals surface area (Å²) in [5, 5.41) is 2.92. The molecule has 7 rings (SSSR count). The third-order valence-electron chi connectivity index (χ3n) is 10.7. The Bertz CT molecular complexity index is 992. The number of carbonyl (C=O) groups is 2. The van der Waals surface area contributed by atoms with Crippen LogP contribution in [0.4, 0.5) is 8.78 Å². The summed E-state index contributed by atoms with van der Waals surface area (Å²) in [6, 6.07) is -0.699. The molecule has 4 heterocycles. The molecule has 216 valence electrons. The first-order valence-electron chi connectivity index (χ1n) is 15.2. The molecule has 8 nitrogen and oxygen atoms in total. The Balaban J connectivity index is 1.10. The highest BCUT2D eigenvalue weighted by atomic mass is 19.2. The molecule has 39 heavy (non-hydrogen) atoms. The molecule has 6 fully saturated rings. The summed E-state index contributed by atoms with van der Waals surface area (Å²) in [6.07, 6.45) is 3.93. The standard InChI is InChI=1S/C29H41F2N3O5/c30-20-12-18-26-28(25(20)31)39-24-13-17-16-4-1-2-5-22(16)38-23(17)14-21(24)34(26)15-19(27(18)35)29(36)32-6-3-7-33-8-10-37-11-9-33/h15-18,20-26,28H,1-14H2,(H,32,36). The number of morpholine rings is 2. The summed E-state index contributed by atoms with van der Waals surface area (Å²) in [5.74, 6) is -0.717. The molecule has 0 aromatic carbocycles. The number of hydrogen-bond acceptors (Lipinski definition) is 7. The van der Waals surface area contributed by atoms with Crippen LogP contribution in [0.5, 0.6) is 0 Å². The van der Waals surface area contributed by atoms with Gasteiger partial charge in [-0.25, -0.2) is 8.78 Å². The van der Waals surface area contributed by atoms with Crippen molar-refractivity contribution < 1.29 is 32.6 Å². The molecule has 11 unspecified atom stereocenters. The van der Waals surface area contributed by atoms with E-state index in [1.165, 1.54) is 12.8 Å². The van der Waals surface area contributed by atoms with Gasteiger partial charge in [0.25, 0.3) is 5.91 Å². The summed E-state index contributed by atoms with van der Waals surface area (Å²) in [6.45, 7) is 4.51. The van der Waals surface area contributed by atoms with E-state index in [4.69, 9.17) is 14.2 Å². The third-order valence-corrected chi connectivity index (χ3v) is 10.7. The van der Waals surface area contributed by atoms with E-state index >= 15 is 4.39 Å². The topological polar surface area (TPSA) is 80.3 Å². The Kier molecular flexibility index (Phi) is 7.18. The molecular formula is C29H41F2N3O5. The van der Waals surface area contributed by atoms with Crippen LogP contribution in [0.1, 0.15) is 51.4 Å². The molecule has 0 spiro atoms. The Hall–Kier alpha value is -1.62. The molecule has 10 heteroatoms. The van der Waals surface area contributed by atoms with Crippen LogP contribution in [-0.2, 0) is 23.8 Å². The summed E-state index contributed by atoms with van der Waals surface area (Å²) in [7, 11) is 0. The van der Waals surface area contributed by atoms with Gasteiger partial charge in [-0.15, -0.1) is 0 Å². The second-order valence-corrected chi connectivity index (χ2v) is 12.7. The number of hydrogen-bond donors (Lipinski definition) is 1. The lowest BCUT2D eigenvalue weighted by molar-refractivity contribution is -0.220. The van der Waals surface area contributed by atoms with E-state index in [0.29, 0.717) is 18.4 Å². The van der Waals surface area contributed by atoms with E-state index in [-0.39, 0.29) is 42.1 Å². The predicted molar refractivity (Wildman–Crippen MR) is 137 cm³/mol. The Labute approximate surface area is 228 Å². The number of amides is 1. The molecule has 0 aromatic heterocycles. The van der Waals surface area contributed by atoms with Gasteiger partial charge in [-0.05, 0) is 56.9 Å². The van der Waals surface area contributed by atoms with E-state index in [2.05, 4.69) is 10.2 Å². The number of alkyl halides is 2. The zero-order chi connectivity index (χ0) is 26.7. The van der Waals surface area contributed by atoms with Crippen molar-refractivity contribution in [2.24, 2.45) is 17.8 Å². The van der Waals surface area contributed by atoms with Gasteiger partial charge < -0.3 is 24.4 Å². The number of rotatable bonds is 5. The van der Waals surface area contributed by atoms with Gasteiger partial charge in [-0.1, -0.05) is 12.8 Å². The van der Waals surface area contributed by atoms with Gasteiger partial charge in [-0.3, -0.25) is 14.5 Å². The lowest BCUT2D eigenvalue weighted by atomic mass is 9.67. The average Bonchev–Trinajstić information content (AvgIpc) is 3.32. The number of ether oxygens (including phenoxy) is 3. The lowest BCUT2D eigenvalue weighted by Gasteiger charge is -2.59. The average molecular weight is 550 g/mol. The van der Waals surface area contributed by atoms with E-state index in [9.17, 15) is 14.0 Å². The fourth-order valence-electron chi connectivity index (χ4n) is 8.76. The molecule has 11 atom stereocenters. The minimum absolute atomic E-state index is 0.0645. The van der Waals surface area contributed by atoms with Crippen molar-refractivity contribution in [3.8, 4) is 0 Å². The quantitative estimate of drug-likeness (QED) is 0.416. The summed E-state index contributed by atoms with van der Waals surface area (Å²) in [4.78, 5) is 31.1. The number of nitrogens with one attached hydrogen (secondary N) is 1. The van der Waals surface area contributed by atoms with Gasteiger partial charge in [0.1, 0.15) is 12.3 Å². The van der Waals surface area contributed by atoms with E-state index < -0.39 is 36.3 Å². The van der Waals surface area contributed by atoms with Crippen molar-refractivity contribution in [2.45, 2.75) is 100 Å². The van der Waals surface area contributed by atoms with Crippen molar-refractivity contribution in [3.63, 3.8) is 0 Å². The van der Waals surface area contributed by atoms with Gasteiger partial charge in [0.05, 0.1) is 49.2 Å². The highest BCUT2D eigenvalue weighted by molar-refractivity contribution is 6.20. The predicted octanol–water partition coefficient (Wildman–Crippen LogP) is 2.16. The highest BCUT2D eigenvalue weighted by Crippen LogP contribution is 2.52. The van der Waals surface area contributed by atoms with Crippen LogP contribution in [0.2, 0.25) is 0 Å². The molecular weight excluding hydrogens is 508 g/mol. The van der Waals surface area contributed by atoms with Gasteiger partial charge in [-0.2, -0.15) is 0 Å². The van der Waals surface area contributed by atoms with Crippen molar-refractivity contribution in [1.29, 1.82) is 0 Å². The maximum absolute atomic E-state index is 15.3. The number of carbonyl (C=O) groups excluding carboxylic acids is 2. The Morgan fingerprint density at radius 2 is 1.82 bits per heavy atom. The largest absolute Gasteiger partial charge is 0.379 e. The number of ketones is 1. The number of fused-ring (bicyclic) bond motifs is 5. The second-order valence-electron chi connectivity index (χ2n) is 12.7. The van der Waals surface area contributed by atoms with Gasteiger partial charge in [0, 0.05) is 31.8 Å². The molecule has 3 saturated heterocycles. The fraction of sp³-hybridized carbons (Fsp3) is 0.862. The second kappa shape index (κ2) is 10.7. The first-order chi connectivity index (χ1) is 19.0. The molecule has 7 aliphatic rings. The molecule has 1 amide bonds. The van der Waals surface area contributed by atoms with Crippen molar-refractivity contribution in [3.05, 3.63) is 11.8 Å². The summed E-state index contributed by atoms with van der Waals surface area (Å²) < 4.78 is 48.5. The minimum Gasteiger partial charge on any atom is -0.379 e. The van der Waals surface area contributed by atoms with Gasteiger partial charge in [0.15, 0.2) is 12.0 Å². The smallest absolute Gasteiger partial charge is 0.256 e. The minimum atomic E-state index is -1.77. The van der Waals surface area contributed by atoms with Crippen molar-refractivity contribution >= 4 is 11.7 Å². The SMILES string of the molecule is O=C(NCCCN1CCOCC1)C1=CN2C3CC4OC5CCCCC5C4CC3OC3C(F)C(F)CC(C1=O)C32. The van der Waals surface area contributed by atoms with Crippen LogP contribution in [-0.4, -0.2) is 110 Å². The van der Waals surface area contributed by atoms with Crippen LogP contribution in [0.15, 0.2) is 11.8 Å².